The van der Waals surface area contributed by atoms with E-state index in [9.17, 15) is 0 Å². The van der Waals surface area contributed by atoms with E-state index < -0.39 is 0 Å². The molecule has 1 unspecified atom stereocenters. The summed E-state index contributed by atoms with van der Waals surface area (Å²) in [6.45, 7) is 7.00. The van der Waals surface area contributed by atoms with Crippen LogP contribution in [0.4, 0.5) is 0 Å². The zero-order chi connectivity index (χ0) is 14.6. The predicted molar refractivity (Wildman–Crippen MR) is 81.8 cm³/mol. The van der Waals surface area contributed by atoms with E-state index >= 15 is 0 Å². The lowest BCUT2D eigenvalue weighted by Crippen LogP contribution is -2.19. The molecule has 1 atom stereocenters. The summed E-state index contributed by atoms with van der Waals surface area (Å²) in [7, 11) is 0. The average Bonchev–Trinajstić information content (AvgIpc) is 2.45. The smallest absolute Gasteiger partial charge is 0.136 e. The highest BCUT2D eigenvalue weighted by Crippen LogP contribution is 2.28. The highest BCUT2D eigenvalue weighted by atomic mass is 16.5. The van der Waals surface area contributed by atoms with Gasteiger partial charge in [0.15, 0.2) is 0 Å². The van der Waals surface area contributed by atoms with Gasteiger partial charge in [-0.1, -0.05) is 32.9 Å². The molecule has 2 rings (SSSR count). The molecule has 1 heterocycles. The van der Waals surface area contributed by atoms with Gasteiger partial charge in [-0.05, 0) is 40.8 Å². The Morgan fingerprint density at radius 1 is 1.15 bits per heavy atom. The molecule has 3 heteroatoms. The maximum atomic E-state index is 6.03. The normalized spacial score (nSPS) is 13.0. The number of aromatic nitrogens is 1. The van der Waals surface area contributed by atoms with Gasteiger partial charge in [0.1, 0.15) is 11.9 Å². The number of rotatable bonds is 4. The quantitative estimate of drug-likeness (QED) is 0.925. The Morgan fingerprint density at radius 3 is 2.45 bits per heavy atom. The monoisotopic (exact) mass is 270 g/mol. The van der Waals surface area contributed by atoms with Gasteiger partial charge in [-0.3, -0.25) is 4.98 Å². The molecule has 0 bridgehead atoms. The van der Waals surface area contributed by atoms with Crippen LogP contribution in [0.2, 0.25) is 0 Å². The molecular formula is C17H22N2O. The van der Waals surface area contributed by atoms with Gasteiger partial charge < -0.3 is 10.5 Å². The van der Waals surface area contributed by atoms with Crippen LogP contribution in [0.3, 0.4) is 0 Å². The van der Waals surface area contributed by atoms with Crippen LogP contribution in [-0.4, -0.2) is 11.5 Å². The van der Waals surface area contributed by atoms with Crippen molar-refractivity contribution >= 4 is 0 Å². The second-order valence-corrected chi connectivity index (χ2v) is 5.90. The number of hydrogen-bond donors (Lipinski definition) is 1. The highest BCUT2D eigenvalue weighted by molar-refractivity contribution is 5.33. The first-order valence-corrected chi connectivity index (χ1v) is 6.88. The van der Waals surface area contributed by atoms with Crippen molar-refractivity contribution in [3.05, 3.63) is 59.9 Å². The van der Waals surface area contributed by atoms with Gasteiger partial charge >= 0.3 is 0 Å². The van der Waals surface area contributed by atoms with Crippen molar-refractivity contribution < 1.29 is 4.74 Å². The van der Waals surface area contributed by atoms with Crippen molar-refractivity contribution in [1.82, 2.24) is 4.98 Å². The summed E-state index contributed by atoms with van der Waals surface area (Å²) in [5.74, 6) is 0.852. The molecule has 0 spiro atoms. The summed E-state index contributed by atoms with van der Waals surface area (Å²) in [5, 5.41) is 0. The Hall–Kier alpha value is -1.87. The fourth-order valence-electron chi connectivity index (χ4n) is 2.03. The van der Waals surface area contributed by atoms with Crippen LogP contribution in [0.1, 0.15) is 38.0 Å². The van der Waals surface area contributed by atoms with Gasteiger partial charge in [-0.15, -0.1) is 0 Å². The molecule has 0 aliphatic carbocycles. The van der Waals surface area contributed by atoms with Crippen LogP contribution >= 0.6 is 0 Å². The first kappa shape index (κ1) is 14.5. The molecule has 1 aromatic carbocycles. The highest BCUT2D eigenvalue weighted by Gasteiger charge is 2.16. The molecule has 0 aliphatic heterocycles. The van der Waals surface area contributed by atoms with E-state index in [2.05, 4.69) is 37.9 Å². The van der Waals surface area contributed by atoms with Crippen molar-refractivity contribution in [2.75, 3.05) is 6.54 Å². The Kier molecular flexibility index (Phi) is 4.40. The largest absolute Gasteiger partial charge is 0.484 e. The average molecular weight is 270 g/mol. The third kappa shape index (κ3) is 3.58. The van der Waals surface area contributed by atoms with E-state index in [4.69, 9.17) is 10.5 Å². The number of pyridine rings is 1. The minimum Gasteiger partial charge on any atom is -0.484 e. The molecule has 1 aromatic heterocycles. The molecule has 0 amide bonds. The molecule has 0 saturated heterocycles. The van der Waals surface area contributed by atoms with Crippen LogP contribution in [0.5, 0.6) is 5.75 Å². The molecule has 3 nitrogen and oxygen atoms in total. The second kappa shape index (κ2) is 6.06. The summed E-state index contributed by atoms with van der Waals surface area (Å²) >= 11 is 0. The van der Waals surface area contributed by atoms with Crippen molar-refractivity contribution in [2.24, 2.45) is 5.73 Å². The molecule has 0 radical (unpaired) electrons. The van der Waals surface area contributed by atoms with E-state index in [0.717, 1.165) is 11.3 Å². The van der Waals surface area contributed by atoms with Gasteiger partial charge in [0, 0.05) is 18.9 Å². The molecule has 20 heavy (non-hydrogen) atoms. The summed E-state index contributed by atoms with van der Waals surface area (Å²) in [4.78, 5) is 4.02. The number of nitrogens with two attached hydrogens (primary N) is 1. The summed E-state index contributed by atoms with van der Waals surface area (Å²) in [6, 6.07) is 12.1. The maximum Gasteiger partial charge on any atom is 0.136 e. The van der Waals surface area contributed by atoms with Crippen molar-refractivity contribution in [3.8, 4) is 5.75 Å². The summed E-state index contributed by atoms with van der Waals surface area (Å²) in [6.07, 6.45) is 3.37. The first-order valence-electron chi connectivity index (χ1n) is 6.88. The van der Waals surface area contributed by atoms with Crippen molar-refractivity contribution in [3.63, 3.8) is 0 Å². The Morgan fingerprint density at radius 2 is 1.85 bits per heavy atom. The Bertz CT molecular complexity index is 546. The molecule has 106 valence electrons. The standard InChI is InChI=1S/C17H22N2O/c1-17(2,3)14-5-4-6-15(11-14)20-16(12-18)13-7-9-19-10-8-13/h4-11,16H,12,18H2,1-3H3. The predicted octanol–water partition coefficient (Wildman–Crippen LogP) is 3.46. The zero-order valence-corrected chi connectivity index (χ0v) is 12.3. The lowest BCUT2D eigenvalue weighted by Gasteiger charge is -2.22. The van der Waals surface area contributed by atoms with Gasteiger partial charge in [0.25, 0.3) is 0 Å². The number of nitrogens with zero attached hydrogens (tertiary/aromatic N) is 1. The molecule has 0 saturated carbocycles. The van der Waals surface area contributed by atoms with E-state index in [1.54, 1.807) is 12.4 Å². The minimum atomic E-state index is -0.145. The molecule has 0 fully saturated rings. The third-order valence-electron chi connectivity index (χ3n) is 3.27. The van der Waals surface area contributed by atoms with Crippen LogP contribution in [0.25, 0.3) is 0 Å². The molecular weight excluding hydrogens is 248 g/mol. The first-order chi connectivity index (χ1) is 9.50. The fraction of sp³-hybridized carbons (Fsp3) is 0.353. The second-order valence-electron chi connectivity index (χ2n) is 5.90. The summed E-state index contributed by atoms with van der Waals surface area (Å²) in [5.41, 5.74) is 8.23. The van der Waals surface area contributed by atoms with Gasteiger partial charge in [0.05, 0.1) is 0 Å². The number of ether oxygens (including phenoxy) is 1. The molecule has 2 aromatic rings. The van der Waals surface area contributed by atoms with E-state index in [1.807, 2.05) is 24.3 Å². The topological polar surface area (TPSA) is 48.1 Å². The van der Waals surface area contributed by atoms with E-state index in [0.29, 0.717) is 6.54 Å². The Balaban J connectivity index is 2.20. The SMILES string of the molecule is CC(C)(C)c1cccc(OC(CN)c2ccncc2)c1. The van der Waals surface area contributed by atoms with Gasteiger partial charge in [-0.2, -0.15) is 0 Å². The number of benzene rings is 1. The molecule has 0 aliphatic rings. The van der Waals surface area contributed by atoms with E-state index in [-0.39, 0.29) is 11.5 Å². The van der Waals surface area contributed by atoms with Crippen molar-refractivity contribution in [2.45, 2.75) is 32.3 Å². The van der Waals surface area contributed by atoms with Crippen LogP contribution in [0.15, 0.2) is 48.8 Å². The fourth-order valence-corrected chi connectivity index (χ4v) is 2.03. The third-order valence-corrected chi connectivity index (χ3v) is 3.27. The van der Waals surface area contributed by atoms with Gasteiger partial charge in [0.2, 0.25) is 0 Å². The van der Waals surface area contributed by atoms with Crippen LogP contribution in [-0.2, 0) is 5.41 Å². The number of hydrogen-bond acceptors (Lipinski definition) is 3. The zero-order valence-electron chi connectivity index (χ0n) is 12.3. The van der Waals surface area contributed by atoms with Crippen LogP contribution < -0.4 is 10.5 Å². The van der Waals surface area contributed by atoms with Crippen LogP contribution in [0, 0.1) is 0 Å². The summed E-state index contributed by atoms with van der Waals surface area (Å²) < 4.78 is 6.03. The van der Waals surface area contributed by atoms with Gasteiger partial charge in [-0.25, -0.2) is 0 Å². The lowest BCUT2D eigenvalue weighted by atomic mass is 9.87. The van der Waals surface area contributed by atoms with E-state index in [1.165, 1.54) is 5.56 Å². The lowest BCUT2D eigenvalue weighted by molar-refractivity contribution is 0.213. The van der Waals surface area contributed by atoms with Crippen molar-refractivity contribution in [1.29, 1.82) is 0 Å². The maximum absolute atomic E-state index is 6.03. The minimum absolute atomic E-state index is 0.105. The molecule has 2 N–H and O–H groups in total. The Labute approximate surface area is 120 Å².